The lowest BCUT2D eigenvalue weighted by Crippen LogP contribution is -2.33. The van der Waals surface area contributed by atoms with E-state index in [1.807, 2.05) is 0 Å². The number of halogens is 1. The SMILES string of the molecule is Brc1csc(CNCC2CCOCO2)c1. The van der Waals surface area contributed by atoms with Gasteiger partial charge in [-0.05, 0) is 28.4 Å². The van der Waals surface area contributed by atoms with Gasteiger partial charge in [-0.2, -0.15) is 0 Å². The van der Waals surface area contributed by atoms with Gasteiger partial charge in [0.05, 0.1) is 12.7 Å². The molecular formula is C10H14BrNO2S. The van der Waals surface area contributed by atoms with Crippen molar-refractivity contribution in [2.45, 2.75) is 19.1 Å². The minimum Gasteiger partial charge on any atom is -0.355 e. The van der Waals surface area contributed by atoms with Crippen molar-refractivity contribution in [1.82, 2.24) is 5.32 Å². The van der Waals surface area contributed by atoms with Gasteiger partial charge >= 0.3 is 0 Å². The van der Waals surface area contributed by atoms with Crippen molar-refractivity contribution >= 4 is 27.3 Å². The lowest BCUT2D eigenvalue weighted by molar-refractivity contribution is -0.137. The van der Waals surface area contributed by atoms with E-state index in [1.54, 1.807) is 11.3 Å². The molecule has 1 aromatic heterocycles. The number of ether oxygens (including phenoxy) is 2. The quantitative estimate of drug-likeness (QED) is 0.924. The van der Waals surface area contributed by atoms with Gasteiger partial charge in [-0.15, -0.1) is 11.3 Å². The number of nitrogens with one attached hydrogen (secondary N) is 1. The van der Waals surface area contributed by atoms with Crippen LogP contribution in [0.4, 0.5) is 0 Å². The van der Waals surface area contributed by atoms with Crippen LogP contribution in [-0.4, -0.2) is 26.0 Å². The third-order valence-electron chi connectivity index (χ3n) is 2.26. The number of hydrogen-bond acceptors (Lipinski definition) is 4. The summed E-state index contributed by atoms with van der Waals surface area (Å²) in [7, 11) is 0. The van der Waals surface area contributed by atoms with Crippen LogP contribution in [-0.2, 0) is 16.0 Å². The summed E-state index contributed by atoms with van der Waals surface area (Å²) in [5.74, 6) is 0. The molecule has 84 valence electrons. The number of hydrogen-bond donors (Lipinski definition) is 1. The summed E-state index contributed by atoms with van der Waals surface area (Å²) in [5, 5.41) is 5.49. The van der Waals surface area contributed by atoms with Crippen LogP contribution in [0, 0.1) is 0 Å². The zero-order chi connectivity index (χ0) is 10.5. The maximum Gasteiger partial charge on any atom is 0.147 e. The first-order valence-electron chi connectivity index (χ1n) is 4.97. The first kappa shape index (κ1) is 11.5. The molecule has 5 heteroatoms. The van der Waals surface area contributed by atoms with E-state index in [2.05, 4.69) is 32.7 Å². The molecule has 1 fully saturated rings. The minimum atomic E-state index is 0.308. The Bertz CT molecular complexity index is 299. The molecule has 2 heterocycles. The van der Waals surface area contributed by atoms with Crippen molar-refractivity contribution in [3.8, 4) is 0 Å². The highest BCUT2D eigenvalue weighted by molar-refractivity contribution is 9.10. The third-order valence-corrected chi connectivity index (χ3v) is 3.96. The Kier molecular flexibility index (Phi) is 4.59. The van der Waals surface area contributed by atoms with Gasteiger partial charge in [0.1, 0.15) is 6.79 Å². The van der Waals surface area contributed by atoms with Gasteiger partial charge in [0, 0.05) is 27.8 Å². The molecule has 1 atom stereocenters. The van der Waals surface area contributed by atoms with Gasteiger partial charge in [-0.3, -0.25) is 0 Å². The van der Waals surface area contributed by atoms with E-state index in [4.69, 9.17) is 9.47 Å². The smallest absolute Gasteiger partial charge is 0.147 e. The lowest BCUT2D eigenvalue weighted by Gasteiger charge is -2.22. The van der Waals surface area contributed by atoms with Crippen molar-refractivity contribution in [1.29, 1.82) is 0 Å². The monoisotopic (exact) mass is 291 g/mol. The largest absolute Gasteiger partial charge is 0.355 e. The Morgan fingerprint density at radius 3 is 3.20 bits per heavy atom. The standard InChI is InChI=1S/C10H14BrNO2S/c11-8-3-10(15-6-8)5-12-4-9-1-2-13-7-14-9/h3,6,9,12H,1-2,4-5,7H2. The zero-order valence-corrected chi connectivity index (χ0v) is 10.8. The van der Waals surface area contributed by atoms with Crippen LogP contribution in [0.25, 0.3) is 0 Å². The highest BCUT2D eigenvalue weighted by Gasteiger charge is 2.13. The molecule has 0 saturated carbocycles. The molecule has 0 amide bonds. The molecule has 3 nitrogen and oxygen atoms in total. The summed E-state index contributed by atoms with van der Waals surface area (Å²) in [6, 6.07) is 2.14. The van der Waals surface area contributed by atoms with Gasteiger partial charge in [0.25, 0.3) is 0 Å². The highest BCUT2D eigenvalue weighted by Crippen LogP contribution is 2.19. The molecule has 1 saturated heterocycles. The van der Waals surface area contributed by atoms with E-state index in [0.717, 1.165) is 30.6 Å². The van der Waals surface area contributed by atoms with E-state index in [-0.39, 0.29) is 0 Å². The summed E-state index contributed by atoms with van der Waals surface area (Å²) >= 11 is 5.20. The molecular weight excluding hydrogens is 278 g/mol. The predicted octanol–water partition coefficient (Wildman–Crippen LogP) is 2.36. The second-order valence-corrected chi connectivity index (χ2v) is 5.38. The highest BCUT2D eigenvalue weighted by atomic mass is 79.9. The predicted molar refractivity (Wildman–Crippen MR) is 64.0 cm³/mol. The fourth-order valence-corrected chi connectivity index (χ4v) is 2.89. The molecule has 1 aliphatic rings. The van der Waals surface area contributed by atoms with Crippen LogP contribution in [0.2, 0.25) is 0 Å². The summed E-state index contributed by atoms with van der Waals surface area (Å²) in [6.45, 7) is 3.07. The normalized spacial score (nSPS) is 21.8. The van der Waals surface area contributed by atoms with Crippen LogP contribution in [0.3, 0.4) is 0 Å². The van der Waals surface area contributed by atoms with Crippen molar-refractivity contribution in [3.63, 3.8) is 0 Å². The average Bonchev–Trinajstić information content (AvgIpc) is 2.66. The molecule has 0 radical (unpaired) electrons. The van der Waals surface area contributed by atoms with Crippen molar-refractivity contribution in [2.75, 3.05) is 19.9 Å². The minimum absolute atomic E-state index is 0.308. The number of rotatable bonds is 4. The lowest BCUT2D eigenvalue weighted by atomic mass is 10.2. The molecule has 1 N–H and O–H groups in total. The second-order valence-electron chi connectivity index (χ2n) is 3.47. The van der Waals surface area contributed by atoms with E-state index >= 15 is 0 Å². The zero-order valence-electron chi connectivity index (χ0n) is 8.37. The summed E-state index contributed by atoms with van der Waals surface area (Å²) in [5.41, 5.74) is 0. The Hall–Kier alpha value is 0.0600. The molecule has 1 unspecified atom stereocenters. The van der Waals surface area contributed by atoms with Gasteiger partial charge in [0.15, 0.2) is 0 Å². The van der Waals surface area contributed by atoms with E-state index in [0.29, 0.717) is 12.9 Å². The Balaban J connectivity index is 1.65. The van der Waals surface area contributed by atoms with Crippen LogP contribution in [0.1, 0.15) is 11.3 Å². The summed E-state index contributed by atoms with van der Waals surface area (Å²) in [6.07, 6.45) is 1.29. The fraction of sp³-hybridized carbons (Fsp3) is 0.600. The maximum absolute atomic E-state index is 5.43. The molecule has 0 aliphatic carbocycles. The van der Waals surface area contributed by atoms with E-state index < -0.39 is 0 Å². The van der Waals surface area contributed by atoms with Crippen LogP contribution in [0.15, 0.2) is 15.9 Å². The second kappa shape index (κ2) is 5.96. The Labute approximate surface area is 102 Å². The van der Waals surface area contributed by atoms with Crippen molar-refractivity contribution < 1.29 is 9.47 Å². The van der Waals surface area contributed by atoms with E-state index in [9.17, 15) is 0 Å². The maximum atomic E-state index is 5.43. The van der Waals surface area contributed by atoms with Crippen LogP contribution < -0.4 is 5.32 Å². The topological polar surface area (TPSA) is 30.5 Å². The molecule has 2 rings (SSSR count). The first-order valence-corrected chi connectivity index (χ1v) is 6.65. The Morgan fingerprint density at radius 1 is 1.60 bits per heavy atom. The molecule has 1 aliphatic heterocycles. The van der Waals surface area contributed by atoms with Crippen LogP contribution >= 0.6 is 27.3 Å². The van der Waals surface area contributed by atoms with Gasteiger partial charge in [0.2, 0.25) is 0 Å². The third kappa shape index (κ3) is 3.85. The molecule has 0 bridgehead atoms. The molecule has 0 aromatic carbocycles. The summed E-state index contributed by atoms with van der Waals surface area (Å²) in [4.78, 5) is 1.34. The fourth-order valence-electron chi connectivity index (χ4n) is 1.47. The summed E-state index contributed by atoms with van der Waals surface area (Å²) < 4.78 is 11.7. The first-order chi connectivity index (χ1) is 7.34. The number of thiophene rings is 1. The average molecular weight is 292 g/mol. The molecule has 0 spiro atoms. The molecule has 1 aromatic rings. The molecule has 15 heavy (non-hydrogen) atoms. The van der Waals surface area contributed by atoms with Gasteiger partial charge in [-0.1, -0.05) is 0 Å². The van der Waals surface area contributed by atoms with Crippen molar-refractivity contribution in [3.05, 3.63) is 20.8 Å². The van der Waals surface area contributed by atoms with Gasteiger partial charge in [-0.25, -0.2) is 0 Å². The van der Waals surface area contributed by atoms with Gasteiger partial charge < -0.3 is 14.8 Å². The van der Waals surface area contributed by atoms with Crippen LogP contribution in [0.5, 0.6) is 0 Å². The van der Waals surface area contributed by atoms with Crippen molar-refractivity contribution in [2.24, 2.45) is 0 Å². The Morgan fingerprint density at radius 2 is 2.53 bits per heavy atom. The van der Waals surface area contributed by atoms with E-state index in [1.165, 1.54) is 4.88 Å².